The lowest BCUT2D eigenvalue weighted by molar-refractivity contribution is 0.409. The predicted molar refractivity (Wildman–Crippen MR) is 91.7 cm³/mol. The summed E-state index contributed by atoms with van der Waals surface area (Å²) in [4.78, 5) is -0.431. The minimum absolute atomic E-state index is 0.244. The lowest BCUT2D eigenvalue weighted by Gasteiger charge is -2.10. The van der Waals surface area contributed by atoms with E-state index in [9.17, 15) is 12.8 Å². The van der Waals surface area contributed by atoms with Crippen molar-refractivity contribution in [3.63, 3.8) is 0 Å². The Kier molecular flexibility index (Phi) is 4.27. The molecule has 0 fully saturated rings. The SMILES string of the molecule is COc1ccc(S(=O)(=O)n2ccc3c(OC)cc(Br)cc32)c(F)c1. The molecule has 0 aliphatic rings. The highest BCUT2D eigenvalue weighted by molar-refractivity contribution is 9.10. The van der Waals surface area contributed by atoms with Gasteiger partial charge in [-0.1, -0.05) is 15.9 Å². The van der Waals surface area contributed by atoms with Crippen LogP contribution in [0.4, 0.5) is 4.39 Å². The summed E-state index contributed by atoms with van der Waals surface area (Å²) in [5, 5.41) is 0.609. The van der Waals surface area contributed by atoms with Crippen LogP contribution in [0.2, 0.25) is 0 Å². The van der Waals surface area contributed by atoms with Crippen LogP contribution in [0.15, 0.2) is 52.0 Å². The first-order valence-corrected chi connectivity index (χ1v) is 9.05. The third-order valence-electron chi connectivity index (χ3n) is 3.59. The van der Waals surface area contributed by atoms with Gasteiger partial charge in [-0.25, -0.2) is 16.8 Å². The van der Waals surface area contributed by atoms with E-state index in [0.717, 1.165) is 10.0 Å². The molecule has 0 saturated carbocycles. The number of benzene rings is 2. The molecule has 0 spiro atoms. The zero-order valence-electron chi connectivity index (χ0n) is 12.8. The van der Waals surface area contributed by atoms with Crippen molar-refractivity contribution in [2.45, 2.75) is 4.90 Å². The highest BCUT2D eigenvalue weighted by Crippen LogP contribution is 2.33. The van der Waals surface area contributed by atoms with Crippen LogP contribution in [0.3, 0.4) is 0 Å². The maximum absolute atomic E-state index is 14.2. The number of hydrogen-bond donors (Lipinski definition) is 0. The maximum Gasteiger partial charge on any atom is 0.271 e. The molecule has 3 aromatic rings. The van der Waals surface area contributed by atoms with Crippen molar-refractivity contribution in [1.82, 2.24) is 3.97 Å². The number of fused-ring (bicyclic) bond motifs is 1. The van der Waals surface area contributed by atoms with Crippen LogP contribution in [0.25, 0.3) is 10.9 Å². The van der Waals surface area contributed by atoms with Gasteiger partial charge in [0, 0.05) is 22.1 Å². The van der Waals surface area contributed by atoms with E-state index in [1.54, 1.807) is 18.2 Å². The Hall–Kier alpha value is -2.06. The molecule has 1 heterocycles. The zero-order valence-corrected chi connectivity index (χ0v) is 15.2. The van der Waals surface area contributed by atoms with E-state index in [0.29, 0.717) is 21.1 Å². The molecule has 2 aromatic carbocycles. The lowest BCUT2D eigenvalue weighted by atomic mass is 10.2. The molecule has 126 valence electrons. The summed E-state index contributed by atoms with van der Waals surface area (Å²) in [6, 6.07) is 8.60. The molecule has 0 bridgehead atoms. The Labute approximate surface area is 146 Å². The molecule has 0 aliphatic heterocycles. The summed E-state index contributed by atoms with van der Waals surface area (Å²) in [5.74, 6) is -0.116. The molecular weight excluding hydrogens is 401 g/mol. The van der Waals surface area contributed by atoms with Crippen molar-refractivity contribution in [1.29, 1.82) is 0 Å². The van der Waals surface area contributed by atoms with Crippen LogP contribution >= 0.6 is 15.9 Å². The van der Waals surface area contributed by atoms with Crippen molar-refractivity contribution in [3.8, 4) is 11.5 Å². The Morgan fingerprint density at radius 3 is 2.46 bits per heavy atom. The van der Waals surface area contributed by atoms with Gasteiger partial charge in [-0.2, -0.15) is 0 Å². The molecule has 0 unspecified atom stereocenters. The van der Waals surface area contributed by atoms with E-state index in [4.69, 9.17) is 9.47 Å². The molecule has 0 saturated heterocycles. The second kappa shape index (κ2) is 6.10. The van der Waals surface area contributed by atoms with E-state index in [2.05, 4.69) is 15.9 Å². The average molecular weight is 414 g/mol. The Balaban J connectivity index is 2.25. The number of aromatic nitrogens is 1. The van der Waals surface area contributed by atoms with Crippen LogP contribution in [0.1, 0.15) is 0 Å². The van der Waals surface area contributed by atoms with Crippen molar-refractivity contribution < 1.29 is 22.3 Å². The van der Waals surface area contributed by atoms with Gasteiger partial charge in [0.25, 0.3) is 10.0 Å². The second-order valence-corrected chi connectivity index (χ2v) is 7.65. The van der Waals surface area contributed by atoms with Crippen molar-refractivity contribution in [3.05, 3.63) is 52.9 Å². The zero-order chi connectivity index (χ0) is 17.5. The normalized spacial score (nSPS) is 11.7. The van der Waals surface area contributed by atoms with Crippen LogP contribution in [-0.2, 0) is 10.0 Å². The fourth-order valence-electron chi connectivity index (χ4n) is 2.45. The van der Waals surface area contributed by atoms with Crippen LogP contribution in [-0.4, -0.2) is 26.6 Å². The number of rotatable bonds is 4. The minimum Gasteiger partial charge on any atom is -0.497 e. The molecule has 3 rings (SSSR count). The molecule has 0 amide bonds. The molecule has 24 heavy (non-hydrogen) atoms. The molecule has 0 atom stereocenters. The lowest BCUT2D eigenvalue weighted by Crippen LogP contribution is -2.13. The van der Waals surface area contributed by atoms with Gasteiger partial charge in [-0.15, -0.1) is 0 Å². The average Bonchev–Trinajstić information content (AvgIpc) is 2.97. The first-order chi connectivity index (χ1) is 11.4. The standard InChI is InChI=1S/C16H13BrFNO4S/c1-22-11-3-4-16(13(18)9-11)24(20,21)19-6-5-12-14(19)7-10(17)8-15(12)23-2/h3-9H,1-2H3. The summed E-state index contributed by atoms with van der Waals surface area (Å²) in [6.45, 7) is 0. The van der Waals surface area contributed by atoms with E-state index in [-0.39, 0.29) is 5.75 Å². The Morgan fingerprint density at radius 1 is 1.08 bits per heavy atom. The highest BCUT2D eigenvalue weighted by atomic mass is 79.9. The van der Waals surface area contributed by atoms with Gasteiger partial charge >= 0.3 is 0 Å². The van der Waals surface area contributed by atoms with Crippen LogP contribution < -0.4 is 9.47 Å². The van der Waals surface area contributed by atoms with Crippen molar-refractivity contribution in [2.75, 3.05) is 14.2 Å². The quantitative estimate of drug-likeness (QED) is 0.652. The number of methoxy groups -OCH3 is 2. The number of halogens is 2. The summed E-state index contributed by atoms with van der Waals surface area (Å²) in [6.07, 6.45) is 1.37. The summed E-state index contributed by atoms with van der Waals surface area (Å²) >= 11 is 3.32. The third kappa shape index (κ3) is 2.65. The van der Waals surface area contributed by atoms with E-state index >= 15 is 0 Å². The van der Waals surface area contributed by atoms with E-state index in [1.165, 1.54) is 32.5 Å². The first-order valence-electron chi connectivity index (χ1n) is 6.82. The fourth-order valence-corrected chi connectivity index (χ4v) is 4.27. The topological polar surface area (TPSA) is 57.5 Å². The van der Waals surface area contributed by atoms with Gasteiger partial charge in [0.15, 0.2) is 0 Å². The summed E-state index contributed by atoms with van der Waals surface area (Å²) in [7, 11) is -1.23. The van der Waals surface area contributed by atoms with Gasteiger partial charge in [0.2, 0.25) is 0 Å². The molecule has 8 heteroatoms. The smallest absolute Gasteiger partial charge is 0.271 e. The fraction of sp³-hybridized carbons (Fsp3) is 0.125. The largest absolute Gasteiger partial charge is 0.497 e. The van der Waals surface area contributed by atoms with E-state index < -0.39 is 20.7 Å². The summed E-state index contributed by atoms with van der Waals surface area (Å²) < 4.78 is 51.8. The molecule has 5 nitrogen and oxygen atoms in total. The first kappa shape index (κ1) is 16.8. The monoisotopic (exact) mass is 413 g/mol. The van der Waals surface area contributed by atoms with Crippen LogP contribution in [0, 0.1) is 5.82 Å². The Morgan fingerprint density at radius 2 is 1.83 bits per heavy atom. The van der Waals surface area contributed by atoms with Crippen molar-refractivity contribution >= 4 is 36.9 Å². The molecular formula is C16H13BrFNO4S. The van der Waals surface area contributed by atoms with Gasteiger partial charge < -0.3 is 9.47 Å². The molecule has 0 aliphatic carbocycles. The minimum atomic E-state index is -4.11. The molecule has 0 radical (unpaired) electrons. The molecule has 1 aromatic heterocycles. The predicted octanol–water partition coefficient (Wildman–Crippen LogP) is 3.80. The van der Waals surface area contributed by atoms with Crippen molar-refractivity contribution in [2.24, 2.45) is 0 Å². The van der Waals surface area contributed by atoms with Gasteiger partial charge in [-0.05, 0) is 30.3 Å². The van der Waals surface area contributed by atoms with E-state index in [1.807, 2.05) is 0 Å². The summed E-state index contributed by atoms with van der Waals surface area (Å²) in [5.41, 5.74) is 0.386. The van der Waals surface area contributed by atoms with Gasteiger partial charge in [-0.3, -0.25) is 0 Å². The third-order valence-corrected chi connectivity index (χ3v) is 5.78. The molecule has 0 N–H and O–H groups in total. The van der Waals surface area contributed by atoms with Crippen LogP contribution in [0.5, 0.6) is 11.5 Å². The highest BCUT2D eigenvalue weighted by Gasteiger charge is 2.24. The van der Waals surface area contributed by atoms with Gasteiger partial charge in [0.1, 0.15) is 22.2 Å². The second-order valence-electron chi connectivity index (χ2n) is 4.95. The maximum atomic E-state index is 14.2. The Bertz CT molecular complexity index is 1030. The van der Waals surface area contributed by atoms with Gasteiger partial charge in [0.05, 0.1) is 19.7 Å². The number of nitrogens with zero attached hydrogens (tertiary/aromatic N) is 1. The number of hydrogen-bond acceptors (Lipinski definition) is 4. The number of ether oxygens (including phenoxy) is 2.